The van der Waals surface area contributed by atoms with E-state index in [1.54, 1.807) is 10.8 Å². The lowest BCUT2D eigenvalue weighted by Gasteiger charge is -2.15. The van der Waals surface area contributed by atoms with Crippen LogP contribution in [0.3, 0.4) is 0 Å². The Labute approximate surface area is 198 Å². The molecule has 4 rings (SSSR count). The molecule has 1 aliphatic heterocycles. The van der Waals surface area contributed by atoms with Crippen molar-refractivity contribution in [2.45, 2.75) is 31.2 Å². The number of carbonyl (C=O) groups is 2. The minimum Gasteiger partial charge on any atom is -0.341 e. The van der Waals surface area contributed by atoms with Crippen LogP contribution in [-0.4, -0.2) is 42.8 Å². The molecule has 3 aromatic rings. The number of hydrogen-bond acceptors (Lipinski definition) is 5. The lowest BCUT2D eigenvalue weighted by atomic mass is 10.1. The number of allylic oxidation sites excluding steroid dienone is 1. The second-order valence-corrected chi connectivity index (χ2v) is 10.1. The van der Waals surface area contributed by atoms with Crippen molar-refractivity contribution in [1.29, 1.82) is 5.26 Å². The Morgan fingerprint density at radius 2 is 1.76 bits per heavy atom. The minimum atomic E-state index is -4.09. The van der Waals surface area contributed by atoms with Gasteiger partial charge in [-0.1, -0.05) is 18.2 Å². The first-order valence-corrected chi connectivity index (χ1v) is 12.4. The standard InChI is InChI=1S/C25H24N4O4S/c1-18(30)27-20-8-10-21(11-9-20)34(32,33)22(15-26)14-19-16-29(24-7-3-2-6-23(19)24)17-25(31)28-12-4-5-13-28/h2-3,6-11,14,16H,4-5,12-13,17H2,1H3,(H,27,30)/b22-14+. The molecule has 0 unspecified atom stereocenters. The van der Waals surface area contributed by atoms with Crippen LogP contribution in [0, 0.1) is 11.3 Å². The number of nitrogens with one attached hydrogen (secondary N) is 1. The average Bonchev–Trinajstić information content (AvgIpc) is 3.46. The summed E-state index contributed by atoms with van der Waals surface area (Å²) in [5, 5.41) is 13.0. The fourth-order valence-electron chi connectivity index (χ4n) is 4.09. The normalized spacial score (nSPS) is 14.2. The highest BCUT2D eigenvalue weighted by molar-refractivity contribution is 7.95. The van der Waals surface area contributed by atoms with E-state index >= 15 is 0 Å². The van der Waals surface area contributed by atoms with Crippen molar-refractivity contribution in [3.63, 3.8) is 0 Å². The summed E-state index contributed by atoms with van der Waals surface area (Å²) in [6.07, 6.45) is 5.06. The molecule has 174 valence electrons. The fraction of sp³-hybridized carbons (Fsp3) is 0.240. The van der Waals surface area contributed by atoms with Crippen LogP contribution in [0.1, 0.15) is 25.3 Å². The molecule has 1 aliphatic rings. The van der Waals surface area contributed by atoms with Gasteiger partial charge < -0.3 is 14.8 Å². The van der Waals surface area contributed by atoms with Crippen molar-refractivity contribution in [2.24, 2.45) is 0 Å². The summed E-state index contributed by atoms with van der Waals surface area (Å²) in [6.45, 7) is 3.01. The van der Waals surface area contributed by atoms with Crippen LogP contribution < -0.4 is 5.32 Å². The molecule has 0 saturated carbocycles. The van der Waals surface area contributed by atoms with Gasteiger partial charge in [-0.2, -0.15) is 5.26 Å². The van der Waals surface area contributed by atoms with Gasteiger partial charge in [-0.25, -0.2) is 8.42 Å². The van der Waals surface area contributed by atoms with Crippen molar-refractivity contribution in [2.75, 3.05) is 18.4 Å². The maximum atomic E-state index is 13.2. The number of fused-ring (bicyclic) bond motifs is 1. The van der Waals surface area contributed by atoms with Crippen LogP contribution in [0.5, 0.6) is 0 Å². The summed E-state index contributed by atoms with van der Waals surface area (Å²) >= 11 is 0. The van der Waals surface area contributed by atoms with E-state index in [1.165, 1.54) is 37.3 Å². The largest absolute Gasteiger partial charge is 0.341 e. The molecule has 0 spiro atoms. The zero-order chi connectivity index (χ0) is 24.3. The average molecular weight is 477 g/mol. The van der Waals surface area contributed by atoms with E-state index in [1.807, 2.05) is 35.2 Å². The number of anilines is 1. The predicted molar refractivity (Wildman–Crippen MR) is 129 cm³/mol. The van der Waals surface area contributed by atoms with Crippen LogP contribution in [-0.2, 0) is 26.0 Å². The maximum Gasteiger partial charge on any atom is 0.242 e. The van der Waals surface area contributed by atoms with Crippen molar-refractivity contribution < 1.29 is 18.0 Å². The number of carbonyl (C=O) groups excluding carboxylic acids is 2. The van der Waals surface area contributed by atoms with Crippen molar-refractivity contribution in [3.05, 3.63) is 65.2 Å². The molecule has 2 heterocycles. The van der Waals surface area contributed by atoms with Gasteiger partial charge in [-0.05, 0) is 49.2 Å². The topological polar surface area (TPSA) is 112 Å². The maximum absolute atomic E-state index is 13.2. The molecule has 1 saturated heterocycles. The molecule has 2 aromatic carbocycles. The van der Waals surface area contributed by atoms with Gasteiger partial charge >= 0.3 is 0 Å². The van der Waals surface area contributed by atoms with Gasteiger partial charge in [0.25, 0.3) is 0 Å². The molecule has 0 bridgehead atoms. The van der Waals surface area contributed by atoms with E-state index < -0.39 is 14.7 Å². The number of benzene rings is 2. The SMILES string of the molecule is CC(=O)Nc1ccc(S(=O)(=O)/C(C#N)=C/c2cn(CC(=O)N3CCCC3)c3ccccc23)cc1. The number of sulfone groups is 1. The zero-order valence-electron chi connectivity index (χ0n) is 18.7. The summed E-state index contributed by atoms with van der Waals surface area (Å²) in [5.41, 5.74) is 1.79. The van der Waals surface area contributed by atoms with E-state index in [9.17, 15) is 23.3 Å². The number of nitrogens with zero attached hydrogens (tertiary/aromatic N) is 3. The Morgan fingerprint density at radius 1 is 1.09 bits per heavy atom. The smallest absolute Gasteiger partial charge is 0.242 e. The molecule has 34 heavy (non-hydrogen) atoms. The third-order valence-electron chi connectivity index (χ3n) is 5.76. The molecule has 0 radical (unpaired) electrons. The highest BCUT2D eigenvalue weighted by atomic mass is 32.2. The first-order chi connectivity index (χ1) is 16.3. The minimum absolute atomic E-state index is 0.0150. The molecule has 1 N–H and O–H groups in total. The molecule has 0 atom stereocenters. The van der Waals surface area contributed by atoms with E-state index in [0.29, 0.717) is 11.3 Å². The van der Waals surface area contributed by atoms with E-state index in [-0.39, 0.29) is 23.3 Å². The first kappa shape index (κ1) is 23.3. The number of hydrogen-bond donors (Lipinski definition) is 1. The van der Waals surface area contributed by atoms with Crippen LogP contribution in [0.25, 0.3) is 17.0 Å². The summed E-state index contributed by atoms with van der Waals surface area (Å²) in [4.78, 5) is 25.3. The lowest BCUT2D eigenvalue weighted by Crippen LogP contribution is -2.30. The second-order valence-electron chi connectivity index (χ2n) is 8.15. The van der Waals surface area contributed by atoms with Crippen LogP contribution in [0.2, 0.25) is 0 Å². The molecule has 0 aliphatic carbocycles. The summed E-state index contributed by atoms with van der Waals surface area (Å²) < 4.78 is 28.1. The summed E-state index contributed by atoms with van der Waals surface area (Å²) in [5.74, 6) is -0.256. The van der Waals surface area contributed by atoms with Crippen LogP contribution >= 0.6 is 0 Å². The first-order valence-electron chi connectivity index (χ1n) is 10.9. The predicted octanol–water partition coefficient (Wildman–Crippen LogP) is 3.56. The van der Waals surface area contributed by atoms with Crippen molar-refractivity contribution >= 4 is 44.3 Å². The molecular formula is C25H24N4O4S. The monoisotopic (exact) mass is 476 g/mol. The Morgan fingerprint density at radius 3 is 2.41 bits per heavy atom. The van der Waals surface area contributed by atoms with E-state index in [4.69, 9.17) is 0 Å². The molecule has 2 amide bonds. The van der Waals surface area contributed by atoms with Gasteiger partial charge in [0.1, 0.15) is 17.5 Å². The highest BCUT2D eigenvalue weighted by Gasteiger charge is 2.23. The number of amides is 2. The molecule has 9 heteroatoms. The number of rotatable bonds is 6. The van der Waals surface area contributed by atoms with E-state index in [0.717, 1.165) is 36.8 Å². The van der Waals surface area contributed by atoms with Gasteiger partial charge in [0.2, 0.25) is 21.7 Å². The Balaban J connectivity index is 1.69. The van der Waals surface area contributed by atoms with Crippen molar-refractivity contribution in [1.82, 2.24) is 9.47 Å². The van der Waals surface area contributed by atoms with Gasteiger partial charge in [0, 0.05) is 48.4 Å². The molecular weight excluding hydrogens is 452 g/mol. The summed E-state index contributed by atoms with van der Waals surface area (Å²) in [7, 11) is -4.09. The quantitative estimate of drug-likeness (QED) is 0.547. The van der Waals surface area contributed by atoms with Gasteiger partial charge in [0.15, 0.2) is 0 Å². The Kier molecular flexibility index (Phi) is 6.52. The van der Waals surface area contributed by atoms with Gasteiger partial charge in [-0.15, -0.1) is 0 Å². The van der Waals surface area contributed by atoms with Crippen LogP contribution in [0.15, 0.2) is 64.5 Å². The lowest BCUT2D eigenvalue weighted by molar-refractivity contribution is -0.130. The van der Waals surface area contributed by atoms with Crippen molar-refractivity contribution in [3.8, 4) is 6.07 Å². The molecule has 8 nitrogen and oxygen atoms in total. The highest BCUT2D eigenvalue weighted by Crippen LogP contribution is 2.28. The second kappa shape index (κ2) is 9.53. The van der Waals surface area contributed by atoms with Gasteiger partial charge in [0.05, 0.1) is 4.90 Å². The number of nitriles is 1. The fourth-order valence-corrected chi connectivity index (χ4v) is 5.24. The molecule has 1 aromatic heterocycles. The Bertz CT molecular complexity index is 1420. The van der Waals surface area contributed by atoms with E-state index in [2.05, 4.69) is 5.32 Å². The zero-order valence-corrected chi connectivity index (χ0v) is 19.5. The number of para-hydroxylation sites is 1. The van der Waals surface area contributed by atoms with Crippen LogP contribution in [0.4, 0.5) is 5.69 Å². The number of likely N-dealkylation sites (tertiary alicyclic amines) is 1. The third kappa shape index (κ3) is 4.72. The third-order valence-corrected chi connectivity index (χ3v) is 7.44. The molecule has 1 fully saturated rings. The Hall–Kier alpha value is -3.90. The summed E-state index contributed by atoms with van der Waals surface area (Å²) in [6, 6.07) is 14.8. The van der Waals surface area contributed by atoms with Gasteiger partial charge in [-0.3, -0.25) is 9.59 Å². The number of aromatic nitrogens is 1.